The summed E-state index contributed by atoms with van der Waals surface area (Å²) < 4.78 is 5.22. The van der Waals surface area contributed by atoms with E-state index >= 15 is 0 Å². The van der Waals surface area contributed by atoms with E-state index in [1.165, 1.54) is 16.1 Å². The number of hydrogen-bond donors (Lipinski definition) is 0. The summed E-state index contributed by atoms with van der Waals surface area (Å²) in [6.07, 6.45) is 1.05. The van der Waals surface area contributed by atoms with Gasteiger partial charge in [0.05, 0.1) is 18.8 Å². The van der Waals surface area contributed by atoms with Gasteiger partial charge < -0.3 is 9.64 Å². The van der Waals surface area contributed by atoms with Crippen LogP contribution in [0.25, 0.3) is 0 Å². The molecule has 0 bridgehead atoms. The number of fused-ring (bicyclic) bond motifs is 3. The molecular formula is C17H16N2OS. The third-order valence-electron chi connectivity index (χ3n) is 3.98. The van der Waals surface area contributed by atoms with Crippen molar-refractivity contribution in [1.29, 1.82) is 0 Å². The van der Waals surface area contributed by atoms with Crippen LogP contribution in [0.2, 0.25) is 0 Å². The van der Waals surface area contributed by atoms with Crippen molar-refractivity contribution in [2.45, 2.75) is 17.4 Å². The zero-order valence-corrected chi connectivity index (χ0v) is 12.6. The summed E-state index contributed by atoms with van der Waals surface area (Å²) in [4.78, 5) is 8.59. The molecule has 2 aliphatic heterocycles. The minimum atomic E-state index is 0.254. The van der Waals surface area contributed by atoms with E-state index in [-0.39, 0.29) is 6.04 Å². The number of benzene rings is 2. The molecule has 0 fully saturated rings. The second-order valence-corrected chi connectivity index (χ2v) is 6.22. The molecule has 2 aliphatic rings. The Balaban J connectivity index is 1.63. The van der Waals surface area contributed by atoms with Crippen molar-refractivity contribution in [3.8, 4) is 5.75 Å². The third kappa shape index (κ3) is 2.20. The molecule has 4 rings (SSSR count). The lowest BCUT2D eigenvalue weighted by atomic mass is 10.0. The molecule has 21 heavy (non-hydrogen) atoms. The summed E-state index contributed by atoms with van der Waals surface area (Å²) in [6, 6.07) is 17.1. The van der Waals surface area contributed by atoms with Gasteiger partial charge in [0.15, 0.2) is 5.17 Å². The van der Waals surface area contributed by atoms with Crippen molar-refractivity contribution in [2.75, 3.05) is 18.6 Å². The number of nitrogens with zero attached hydrogens (tertiary/aromatic N) is 2. The molecular weight excluding hydrogens is 280 g/mol. The lowest BCUT2D eigenvalue weighted by Crippen LogP contribution is -2.31. The van der Waals surface area contributed by atoms with Gasteiger partial charge in [0, 0.05) is 11.4 Å². The van der Waals surface area contributed by atoms with E-state index in [0.717, 1.165) is 23.9 Å². The smallest absolute Gasteiger partial charge is 0.169 e. The van der Waals surface area contributed by atoms with E-state index in [2.05, 4.69) is 41.3 Å². The van der Waals surface area contributed by atoms with E-state index in [4.69, 9.17) is 9.73 Å². The van der Waals surface area contributed by atoms with Crippen LogP contribution in [-0.4, -0.2) is 18.8 Å². The topological polar surface area (TPSA) is 24.8 Å². The highest BCUT2D eigenvalue weighted by Crippen LogP contribution is 2.43. The minimum absolute atomic E-state index is 0.254. The Morgan fingerprint density at radius 2 is 1.95 bits per heavy atom. The maximum atomic E-state index is 5.22. The highest BCUT2D eigenvalue weighted by atomic mass is 32.2. The van der Waals surface area contributed by atoms with Gasteiger partial charge in [-0.15, -0.1) is 0 Å². The molecule has 1 atom stereocenters. The lowest BCUT2D eigenvalue weighted by molar-refractivity contribution is 0.414. The van der Waals surface area contributed by atoms with Crippen molar-refractivity contribution in [1.82, 2.24) is 0 Å². The molecule has 2 aromatic rings. The van der Waals surface area contributed by atoms with Gasteiger partial charge in [-0.3, -0.25) is 4.99 Å². The number of para-hydroxylation sites is 1. The Hall–Kier alpha value is -1.94. The first kappa shape index (κ1) is 12.8. The number of rotatable bonds is 2. The Labute approximate surface area is 128 Å². The standard InChI is InChI=1S/C17H16N2OS/c1-20-13-8-6-12(7-9-13)14-10-11-19-15-4-2-3-5-16(15)21-17(19)18-14/h2-9,14H,10-11H2,1H3. The highest BCUT2D eigenvalue weighted by Gasteiger charge is 2.31. The second kappa shape index (κ2) is 5.11. The molecule has 0 saturated heterocycles. The van der Waals surface area contributed by atoms with Gasteiger partial charge in [0.1, 0.15) is 5.75 Å². The van der Waals surface area contributed by atoms with E-state index in [0.29, 0.717) is 0 Å². The predicted molar refractivity (Wildman–Crippen MR) is 87.4 cm³/mol. The molecule has 3 nitrogen and oxygen atoms in total. The van der Waals surface area contributed by atoms with Gasteiger partial charge in [0.25, 0.3) is 0 Å². The summed E-state index contributed by atoms with van der Waals surface area (Å²) >= 11 is 1.78. The normalized spacial score (nSPS) is 19.8. The summed E-state index contributed by atoms with van der Waals surface area (Å²) in [5.74, 6) is 0.895. The van der Waals surface area contributed by atoms with Crippen molar-refractivity contribution < 1.29 is 4.74 Å². The van der Waals surface area contributed by atoms with E-state index in [1.807, 2.05) is 12.1 Å². The van der Waals surface area contributed by atoms with Crippen molar-refractivity contribution in [3.05, 3.63) is 54.1 Å². The monoisotopic (exact) mass is 296 g/mol. The largest absolute Gasteiger partial charge is 0.497 e. The summed E-state index contributed by atoms with van der Waals surface area (Å²) in [7, 11) is 1.69. The van der Waals surface area contributed by atoms with Crippen LogP contribution in [0.1, 0.15) is 18.0 Å². The molecule has 106 valence electrons. The fourth-order valence-corrected chi connectivity index (χ4v) is 3.96. The molecule has 2 aromatic carbocycles. The lowest BCUT2D eigenvalue weighted by Gasteiger charge is -2.27. The number of ether oxygens (including phenoxy) is 1. The predicted octanol–water partition coefficient (Wildman–Crippen LogP) is 4.11. The van der Waals surface area contributed by atoms with Crippen LogP contribution in [-0.2, 0) is 0 Å². The second-order valence-electron chi connectivity index (χ2n) is 5.21. The highest BCUT2D eigenvalue weighted by molar-refractivity contribution is 8.14. The quantitative estimate of drug-likeness (QED) is 0.834. The molecule has 0 saturated carbocycles. The first-order valence-electron chi connectivity index (χ1n) is 7.11. The number of amidine groups is 1. The average Bonchev–Trinajstić information content (AvgIpc) is 2.92. The fourth-order valence-electron chi connectivity index (χ4n) is 2.85. The van der Waals surface area contributed by atoms with Crippen LogP contribution in [0, 0.1) is 0 Å². The molecule has 0 amide bonds. The van der Waals surface area contributed by atoms with Gasteiger partial charge in [-0.1, -0.05) is 24.3 Å². The SMILES string of the molecule is COc1ccc(C2CCN3C(=N2)Sc2ccccc23)cc1. The Morgan fingerprint density at radius 1 is 1.14 bits per heavy atom. The van der Waals surface area contributed by atoms with Gasteiger partial charge in [-0.05, 0) is 48.0 Å². The molecule has 0 aliphatic carbocycles. The van der Waals surface area contributed by atoms with Crippen LogP contribution in [0.5, 0.6) is 5.75 Å². The zero-order chi connectivity index (χ0) is 14.2. The molecule has 0 radical (unpaired) electrons. The van der Waals surface area contributed by atoms with Crippen LogP contribution in [0.4, 0.5) is 5.69 Å². The fraction of sp³-hybridized carbons (Fsp3) is 0.235. The zero-order valence-electron chi connectivity index (χ0n) is 11.8. The summed E-state index contributed by atoms with van der Waals surface area (Å²) in [5, 5.41) is 1.13. The number of thioether (sulfide) groups is 1. The number of aliphatic imine (C=N–C) groups is 1. The molecule has 2 heterocycles. The Bertz CT molecular complexity index is 696. The Morgan fingerprint density at radius 3 is 2.76 bits per heavy atom. The molecule has 0 aromatic heterocycles. The van der Waals surface area contributed by atoms with E-state index in [9.17, 15) is 0 Å². The molecule has 0 N–H and O–H groups in total. The van der Waals surface area contributed by atoms with Crippen molar-refractivity contribution >= 4 is 22.6 Å². The van der Waals surface area contributed by atoms with Gasteiger partial charge in [-0.25, -0.2) is 0 Å². The van der Waals surface area contributed by atoms with Crippen molar-refractivity contribution in [2.24, 2.45) is 4.99 Å². The van der Waals surface area contributed by atoms with E-state index in [1.54, 1.807) is 18.9 Å². The minimum Gasteiger partial charge on any atom is -0.497 e. The molecule has 4 heteroatoms. The molecule has 0 spiro atoms. The first-order valence-corrected chi connectivity index (χ1v) is 7.93. The number of anilines is 1. The van der Waals surface area contributed by atoms with Crippen LogP contribution in [0.3, 0.4) is 0 Å². The number of hydrogen-bond acceptors (Lipinski definition) is 4. The Kier molecular flexibility index (Phi) is 3.11. The van der Waals surface area contributed by atoms with Gasteiger partial charge >= 0.3 is 0 Å². The van der Waals surface area contributed by atoms with Gasteiger partial charge in [-0.2, -0.15) is 0 Å². The van der Waals surface area contributed by atoms with Crippen LogP contribution in [0.15, 0.2) is 58.4 Å². The maximum absolute atomic E-state index is 5.22. The van der Waals surface area contributed by atoms with Crippen LogP contribution < -0.4 is 9.64 Å². The van der Waals surface area contributed by atoms with E-state index < -0.39 is 0 Å². The van der Waals surface area contributed by atoms with Gasteiger partial charge in [0.2, 0.25) is 0 Å². The first-order chi connectivity index (χ1) is 10.3. The average molecular weight is 296 g/mol. The third-order valence-corrected chi connectivity index (χ3v) is 5.05. The molecule has 1 unspecified atom stereocenters. The van der Waals surface area contributed by atoms with Crippen molar-refractivity contribution in [3.63, 3.8) is 0 Å². The van der Waals surface area contributed by atoms with Crippen LogP contribution >= 0.6 is 11.8 Å². The number of methoxy groups -OCH3 is 1. The maximum Gasteiger partial charge on any atom is 0.169 e. The summed E-state index contributed by atoms with van der Waals surface area (Å²) in [6.45, 7) is 1.03. The summed E-state index contributed by atoms with van der Waals surface area (Å²) in [5.41, 5.74) is 2.56.